The highest BCUT2D eigenvalue weighted by Crippen LogP contribution is 2.24. The molecule has 0 saturated heterocycles. The van der Waals surface area contributed by atoms with Gasteiger partial charge < -0.3 is 10.1 Å². The van der Waals surface area contributed by atoms with Crippen LogP contribution in [0.1, 0.15) is 36.0 Å². The Morgan fingerprint density at radius 1 is 1.03 bits per heavy atom. The Labute approximate surface area is 172 Å². The van der Waals surface area contributed by atoms with E-state index < -0.39 is 10.0 Å². The molecule has 7 heteroatoms. The van der Waals surface area contributed by atoms with Crippen molar-refractivity contribution in [2.24, 2.45) is 0 Å². The van der Waals surface area contributed by atoms with Gasteiger partial charge >= 0.3 is 0 Å². The molecule has 1 amide bonds. The van der Waals surface area contributed by atoms with Crippen molar-refractivity contribution < 1.29 is 17.9 Å². The van der Waals surface area contributed by atoms with Crippen LogP contribution in [-0.4, -0.2) is 34.5 Å². The first-order chi connectivity index (χ1) is 14.0. The summed E-state index contributed by atoms with van der Waals surface area (Å²) >= 11 is 0. The third kappa shape index (κ3) is 5.81. The number of hydrogen-bond acceptors (Lipinski definition) is 4. The molecule has 6 nitrogen and oxygen atoms in total. The number of hydrogen-bond donors (Lipinski definition) is 2. The fraction of sp³-hybridized carbons (Fsp3) is 0.409. The molecule has 2 aromatic rings. The molecule has 0 aromatic heterocycles. The van der Waals surface area contributed by atoms with E-state index in [1.54, 1.807) is 19.2 Å². The van der Waals surface area contributed by atoms with E-state index in [1.807, 2.05) is 30.3 Å². The topological polar surface area (TPSA) is 84.5 Å². The van der Waals surface area contributed by atoms with Gasteiger partial charge in [-0.25, -0.2) is 13.1 Å². The summed E-state index contributed by atoms with van der Waals surface area (Å²) in [7, 11) is -1.99. The second-order valence-corrected chi connectivity index (χ2v) is 8.96. The van der Waals surface area contributed by atoms with Gasteiger partial charge in [-0.3, -0.25) is 4.79 Å². The third-order valence-corrected chi connectivity index (χ3v) is 6.64. The smallest absolute Gasteiger partial charge is 0.240 e. The molecule has 0 saturated carbocycles. The number of nitrogens with one attached hydrogen (secondary N) is 2. The van der Waals surface area contributed by atoms with Crippen molar-refractivity contribution in [3.8, 4) is 5.75 Å². The summed E-state index contributed by atoms with van der Waals surface area (Å²) in [6, 6.07) is 13.0. The van der Waals surface area contributed by atoms with Crippen LogP contribution < -0.4 is 14.8 Å². The summed E-state index contributed by atoms with van der Waals surface area (Å²) < 4.78 is 32.8. The van der Waals surface area contributed by atoms with E-state index in [0.717, 1.165) is 42.6 Å². The molecule has 0 spiro atoms. The van der Waals surface area contributed by atoms with Gasteiger partial charge in [0.15, 0.2) is 0 Å². The van der Waals surface area contributed by atoms with E-state index in [1.165, 1.54) is 5.56 Å². The summed E-state index contributed by atoms with van der Waals surface area (Å²) in [6.45, 7) is 0.538. The van der Waals surface area contributed by atoms with Crippen LogP contribution in [0.15, 0.2) is 47.4 Å². The summed E-state index contributed by atoms with van der Waals surface area (Å²) in [4.78, 5) is 12.3. The van der Waals surface area contributed by atoms with Crippen LogP contribution in [0, 0.1) is 0 Å². The van der Waals surface area contributed by atoms with Gasteiger partial charge in [0.05, 0.1) is 12.0 Å². The number of methoxy groups -OCH3 is 1. The zero-order chi connectivity index (χ0) is 20.7. The Hall–Kier alpha value is -2.38. The lowest BCUT2D eigenvalue weighted by Gasteiger charge is -2.16. The number of sulfonamides is 1. The number of carbonyl (C=O) groups excluding carboxylic acids is 1. The van der Waals surface area contributed by atoms with Gasteiger partial charge in [0, 0.05) is 19.5 Å². The van der Waals surface area contributed by atoms with Crippen LogP contribution in [-0.2, 0) is 34.1 Å². The number of carbonyl (C=O) groups is 1. The molecule has 0 radical (unpaired) electrons. The molecule has 0 fully saturated rings. The van der Waals surface area contributed by atoms with Gasteiger partial charge in [0.2, 0.25) is 15.9 Å². The highest BCUT2D eigenvalue weighted by atomic mass is 32.2. The van der Waals surface area contributed by atoms with E-state index in [2.05, 4.69) is 10.0 Å². The highest BCUT2D eigenvalue weighted by Gasteiger charge is 2.17. The first kappa shape index (κ1) is 21.3. The molecule has 2 N–H and O–H groups in total. The molecule has 29 heavy (non-hydrogen) atoms. The highest BCUT2D eigenvalue weighted by molar-refractivity contribution is 7.89. The molecule has 1 aliphatic rings. The molecule has 156 valence electrons. The number of aryl methyl sites for hydroxylation is 2. The van der Waals surface area contributed by atoms with Crippen molar-refractivity contribution in [1.29, 1.82) is 0 Å². The van der Waals surface area contributed by atoms with Crippen LogP contribution in [0.5, 0.6) is 5.75 Å². The molecule has 1 aliphatic carbocycles. The molecule has 0 atom stereocenters. The molecule has 3 rings (SSSR count). The van der Waals surface area contributed by atoms with E-state index in [-0.39, 0.29) is 23.8 Å². The minimum Gasteiger partial charge on any atom is -0.496 e. The van der Waals surface area contributed by atoms with Gasteiger partial charge in [-0.15, -0.1) is 0 Å². The summed E-state index contributed by atoms with van der Waals surface area (Å²) in [6.07, 6.45) is 4.93. The quantitative estimate of drug-likeness (QED) is 0.658. The first-order valence-corrected chi connectivity index (χ1v) is 11.5. The van der Waals surface area contributed by atoms with Crippen LogP contribution in [0.25, 0.3) is 0 Å². The first-order valence-electron chi connectivity index (χ1n) is 9.99. The normalized spacial score (nSPS) is 13.6. The molecule has 0 unspecified atom stereocenters. The SMILES string of the molecule is COc1ccccc1CCNC(=O)CCNS(=O)(=O)c1ccc2c(c1)CCCC2. The lowest BCUT2D eigenvalue weighted by molar-refractivity contribution is -0.120. The molecule has 0 bridgehead atoms. The zero-order valence-corrected chi connectivity index (χ0v) is 17.6. The maximum absolute atomic E-state index is 12.5. The fourth-order valence-electron chi connectivity index (χ4n) is 3.59. The zero-order valence-electron chi connectivity index (χ0n) is 16.7. The van der Waals surface area contributed by atoms with Crippen LogP contribution in [0.2, 0.25) is 0 Å². The van der Waals surface area contributed by atoms with Crippen molar-refractivity contribution >= 4 is 15.9 Å². The fourth-order valence-corrected chi connectivity index (χ4v) is 4.68. The monoisotopic (exact) mass is 416 g/mol. The number of fused-ring (bicyclic) bond motifs is 1. The molecular weight excluding hydrogens is 388 g/mol. The largest absolute Gasteiger partial charge is 0.496 e. The molecule has 0 aliphatic heterocycles. The van der Waals surface area contributed by atoms with Gasteiger partial charge in [0.1, 0.15) is 5.75 Å². The summed E-state index contributed by atoms with van der Waals surface area (Å²) in [5.41, 5.74) is 3.38. The van der Waals surface area contributed by atoms with Crippen LogP contribution in [0.3, 0.4) is 0 Å². The van der Waals surface area contributed by atoms with Gasteiger partial charge in [-0.2, -0.15) is 0 Å². The summed E-state index contributed by atoms with van der Waals surface area (Å²) in [5.74, 6) is 0.604. The minimum absolute atomic E-state index is 0.0694. The Kier molecular flexibility index (Phi) is 7.28. The van der Waals surface area contributed by atoms with E-state index in [4.69, 9.17) is 4.74 Å². The van der Waals surface area contributed by atoms with Crippen molar-refractivity contribution in [3.63, 3.8) is 0 Å². The maximum atomic E-state index is 12.5. The molecule has 2 aromatic carbocycles. The summed E-state index contributed by atoms with van der Waals surface area (Å²) in [5, 5.41) is 2.82. The van der Waals surface area contributed by atoms with E-state index >= 15 is 0 Å². The Bertz CT molecular complexity index is 957. The minimum atomic E-state index is -3.61. The molecule has 0 heterocycles. The van der Waals surface area contributed by atoms with Crippen molar-refractivity contribution in [3.05, 3.63) is 59.2 Å². The van der Waals surface area contributed by atoms with Crippen molar-refractivity contribution in [2.75, 3.05) is 20.2 Å². The van der Waals surface area contributed by atoms with Gasteiger partial charge in [0.25, 0.3) is 0 Å². The van der Waals surface area contributed by atoms with E-state index in [9.17, 15) is 13.2 Å². The van der Waals surface area contributed by atoms with Crippen LogP contribution >= 0.6 is 0 Å². The average molecular weight is 417 g/mol. The van der Waals surface area contributed by atoms with E-state index in [0.29, 0.717) is 13.0 Å². The van der Waals surface area contributed by atoms with Crippen molar-refractivity contribution in [1.82, 2.24) is 10.0 Å². The number of amides is 1. The lowest BCUT2D eigenvalue weighted by atomic mass is 9.92. The molecular formula is C22H28N2O4S. The number of ether oxygens (including phenoxy) is 1. The number of rotatable bonds is 9. The average Bonchev–Trinajstić information content (AvgIpc) is 2.73. The third-order valence-electron chi connectivity index (χ3n) is 5.18. The second-order valence-electron chi connectivity index (χ2n) is 7.20. The predicted octanol–water partition coefficient (Wildman–Crippen LogP) is 2.60. The van der Waals surface area contributed by atoms with Gasteiger partial charge in [-0.1, -0.05) is 24.3 Å². The Balaban J connectivity index is 1.44. The van der Waals surface area contributed by atoms with Gasteiger partial charge in [-0.05, 0) is 67.0 Å². The van der Waals surface area contributed by atoms with Crippen LogP contribution in [0.4, 0.5) is 0 Å². The van der Waals surface area contributed by atoms with Crippen molar-refractivity contribution in [2.45, 2.75) is 43.4 Å². The standard InChI is InChI=1S/C22H28N2O4S/c1-28-21-9-5-4-7-18(21)12-14-23-22(25)13-15-24-29(26,27)20-11-10-17-6-2-3-8-19(17)16-20/h4-5,7,9-11,16,24H,2-3,6,8,12-15H2,1H3,(H,23,25). The lowest BCUT2D eigenvalue weighted by Crippen LogP contribution is -2.31. The predicted molar refractivity (Wildman–Crippen MR) is 113 cm³/mol. The Morgan fingerprint density at radius 3 is 2.59 bits per heavy atom. The number of para-hydroxylation sites is 1. The number of benzene rings is 2. The maximum Gasteiger partial charge on any atom is 0.240 e. The second kappa shape index (κ2) is 9.89. The Morgan fingerprint density at radius 2 is 1.79 bits per heavy atom.